The normalized spacial score (nSPS) is 13.5. The average Bonchev–Trinajstić information content (AvgIpc) is 3.36. The molecule has 4 heterocycles. The van der Waals surface area contributed by atoms with Gasteiger partial charge in [-0.2, -0.15) is 0 Å². The molecule has 6 rings (SSSR count). The zero-order chi connectivity index (χ0) is 21.8. The number of hydrogen-bond acceptors (Lipinski definition) is 4. The van der Waals surface area contributed by atoms with Gasteiger partial charge in [-0.05, 0) is 62.2 Å². The second-order valence-electron chi connectivity index (χ2n) is 8.35. The molecule has 3 aromatic heterocycles. The van der Waals surface area contributed by atoms with Crippen molar-refractivity contribution < 1.29 is 9.47 Å². The Kier molecular flexibility index (Phi) is 4.21. The van der Waals surface area contributed by atoms with Crippen molar-refractivity contribution in [3.63, 3.8) is 0 Å². The molecule has 6 heteroatoms. The Morgan fingerprint density at radius 2 is 1.78 bits per heavy atom. The molecule has 2 N–H and O–H groups in total. The van der Waals surface area contributed by atoms with Crippen LogP contribution in [0.4, 0.5) is 0 Å². The van der Waals surface area contributed by atoms with Gasteiger partial charge in [0, 0.05) is 34.3 Å². The fourth-order valence-electron chi connectivity index (χ4n) is 4.76. The third-order valence-electron chi connectivity index (χ3n) is 6.37. The number of benzene rings is 2. The third-order valence-corrected chi connectivity index (χ3v) is 6.37. The van der Waals surface area contributed by atoms with Crippen LogP contribution in [0.3, 0.4) is 0 Å². The van der Waals surface area contributed by atoms with Gasteiger partial charge in [-0.1, -0.05) is 0 Å². The first-order chi connectivity index (χ1) is 15.6. The molecule has 0 aliphatic carbocycles. The molecule has 160 valence electrons. The van der Waals surface area contributed by atoms with Gasteiger partial charge < -0.3 is 19.4 Å². The summed E-state index contributed by atoms with van der Waals surface area (Å²) in [5.41, 5.74) is 8.66. The lowest BCUT2D eigenvalue weighted by Gasteiger charge is -2.10. The predicted octanol–water partition coefficient (Wildman–Crippen LogP) is 5.46. The first-order valence-corrected chi connectivity index (χ1v) is 10.9. The van der Waals surface area contributed by atoms with Gasteiger partial charge in [0.1, 0.15) is 18.1 Å². The van der Waals surface area contributed by atoms with E-state index in [1.807, 2.05) is 25.1 Å². The number of aromatic amines is 2. The number of aryl methyl sites for hydroxylation is 1. The summed E-state index contributed by atoms with van der Waals surface area (Å²) in [6.07, 6.45) is 0.957. The lowest BCUT2D eigenvalue weighted by atomic mass is 10.0. The number of methoxy groups -OCH3 is 1. The summed E-state index contributed by atoms with van der Waals surface area (Å²) in [6.45, 7) is 5.35. The molecule has 0 atom stereocenters. The van der Waals surface area contributed by atoms with Crippen LogP contribution < -0.4 is 9.47 Å². The van der Waals surface area contributed by atoms with Crippen molar-refractivity contribution in [2.45, 2.75) is 26.9 Å². The fourth-order valence-corrected chi connectivity index (χ4v) is 4.76. The quantitative estimate of drug-likeness (QED) is 0.402. The van der Waals surface area contributed by atoms with Crippen molar-refractivity contribution in [1.29, 1.82) is 0 Å². The minimum Gasteiger partial charge on any atom is -0.497 e. The van der Waals surface area contributed by atoms with E-state index in [-0.39, 0.29) is 0 Å². The Labute approximate surface area is 185 Å². The van der Waals surface area contributed by atoms with Crippen LogP contribution in [-0.2, 0) is 13.0 Å². The number of nitrogens with zero attached hydrogens (tertiary/aromatic N) is 2. The first-order valence-electron chi connectivity index (χ1n) is 10.9. The molecule has 1 aliphatic heterocycles. The molecule has 0 fully saturated rings. The van der Waals surface area contributed by atoms with Gasteiger partial charge >= 0.3 is 0 Å². The number of hydrogen-bond donors (Lipinski definition) is 2. The third kappa shape index (κ3) is 2.94. The van der Waals surface area contributed by atoms with E-state index in [2.05, 4.69) is 46.1 Å². The number of ether oxygens (including phenoxy) is 2. The molecule has 0 unspecified atom stereocenters. The molecule has 5 aromatic rings. The maximum atomic E-state index is 6.18. The fraction of sp³-hybridized carbons (Fsp3) is 0.231. The first kappa shape index (κ1) is 18.9. The van der Waals surface area contributed by atoms with Crippen molar-refractivity contribution in [3.8, 4) is 11.5 Å². The minimum absolute atomic E-state index is 0.415. The summed E-state index contributed by atoms with van der Waals surface area (Å²) in [5.74, 6) is 1.68. The second-order valence-corrected chi connectivity index (χ2v) is 8.35. The summed E-state index contributed by atoms with van der Waals surface area (Å²) in [7, 11) is 1.68. The molecular formula is C26H24N4O2. The van der Waals surface area contributed by atoms with Crippen LogP contribution in [0.25, 0.3) is 32.7 Å². The van der Waals surface area contributed by atoms with Crippen LogP contribution in [-0.4, -0.2) is 34.3 Å². The van der Waals surface area contributed by atoms with Gasteiger partial charge in [-0.15, -0.1) is 0 Å². The Bertz CT molecular complexity index is 1540. The topological polar surface area (TPSA) is 75.3 Å². The van der Waals surface area contributed by atoms with E-state index in [0.717, 1.165) is 74.6 Å². The highest BCUT2D eigenvalue weighted by Gasteiger charge is 2.17. The van der Waals surface area contributed by atoms with E-state index in [1.165, 1.54) is 10.9 Å². The number of nitrogens with one attached hydrogen (secondary N) is 2. The zero-order valence-electron chi connectivity index (χ0n) is 18.4. The lowest BCUT2D eigenvalue weighted by Crippen LogP contribution is -2.08. The van der Waals surface area contributed by atoms with Gasteiger partial charge in [0.15, 0.2) is 0 Å². The Morgan fingerprint density at radius 3 is 2.66 bits per heavy atom. The number of aromatic nitrogens is 3. The van der Waals surface area contributed by atoms with E-state index < -0.39 is 0 Å². The van der Waals surface area contributed by atoms with Crippen LogP contribution >= 0.6 is 0 Å². The van der Waals surface area contributed by atoms with Crippen molar-refractivity contribution in [3.05, 3.63) is 65.1 Å². The summed E-state index contributed by atoms with van der Waals surface area (Å²) in [4.78, 5) is 16.3. The molecule has 0 saturated heterocycles. The SMILES string of the molecule is COc1ccc2c(c1)[nH]c1c(C)nc(COc3ccc4[nH]c5c(c4c3)CCN=C5C)cc12. The summed E-state index contributed by atoms with van der Waals surface area (Å²) in [6, 6.07) is 14.4. The van der Waals surface area contributed by atoms with Crippen molar-refractivity contribution in [1.82, 2.24) is 15.0 Å². The van der Waals surface area contributed by atoms with Crippen molar-refractivity contribution in [2.24, 2.45) is 4.99 Å². The van der Waals surface area contributed by atoms with Gasteiger partial charge in [-0.3, -0.25) is 9.98 Å². The molecule has 0 saturated carbocycles. The second kappa shape index (κ2) is 7.12. The van der Waals surface area contributed by atoms with Gasteiger partial charge in [0.25, 0.3) is 0 Å². The molecule has 6 nitrogen and oxygen atoms in total. The lowest BCUT2D eigenvalue weighted by molar-refractivity contribution is 0.302. The molecule has 32 heavy (non-hydrogen) atoms. The molecular weight excluding hydrogens is 400 g/mol. The number of H-pyrrole nitrogens is 2. The van der Waals surface area contributed by atoms with E-state index in [4.69, 9.17) is 14.5 Å². The van der Waals surface area contributed by atoms with Crippen molar-refractivity contribution in [2.75, 3.05) is 13.7 Å². The number of rotatable bonds is 4. The van der Waals surface area contributed by atoms with E-state index in [9.17, 15) is 0 Å². The van der Waals surface area contributed by atoms with E-state index >= 15 is 0 Å². The van der Waals surface area contributed by atoms with E-state index in [1.54, 1.807) is 7.11 Å². The van der Waals surface area contributed by atoms with Crippen LogP contribution in [0.1, 0.15) is 29.6 Å². The number of pyridine rings is 1. The molecule has 0 bridgehead atoms. The summed E-state index contributed by atoms with van der Waals surface area (Å²) in [5, 5.41) is 3.53. The smallest absolute Gasteiger partial charge is 0.130 e. The predicted molar refractivity (Wildman–Crippen MR) is 128 cm³/mol. The Morgan fingerprint density at radius 1 is 0.906 bits per heavy atom. The van der Waals surface area contributed by atoms with Gasteiger partial charge in [0.05, 0.1) is 40.9 Å². The molecule has 0 spiro atoms. The highest BCUT2D eigenvalue weighted by Crippen LogP contribution is 2.32. The van der Waals surface area contributed by atoms with Crippen LogP contribution in [0.5, 0.6) is 11.5 Å². The van der Waals surface area contributed by atoms with E-state index in [0.29, 0.717) is 6.61 Å². The van der Waals surface area contributed by atoms with Crippen LogP contribution in [0.15, 0.2) is 47.5 Å². The Balaban J connectivity index is 1.33. The zero-order valence-corrected chi connectivity index (χ0v) is 18.4. The molecule has 1 aliphatic rings. The number of aliphatic imine (C=N–C) groups is 1. The van der Waals surface area contributed by atoms with Crippen LogP contribution in [0.2, 0.25) is 0 Å². The van der Waals surface area contributed by atoms with Crippen LogP contribution in [0, 0.1) is 6.92 Å². The standard InChI is InChI=1S/C26H24N4O2/c1-14-25-20(8-9-27-14)21-11-18(5-7-23(21)29-25)32-13-16-10-22-19-6-4-17(31-3)12-24(19)30-26(22)15(2)28-16/h4-7,10-12,29-30H,8-9,13H2,1-3H3. The average molecular weight is 425 g/mol. The largest absolute Gasteiger partial charge is 0.497 e. The Hall–Kier alpha value is -3.80. The molecule has 2 aromatic carbocycles. The molecule has 0 amide bonds. The maximum Gasteiger partial charge on any atom is 0.130 e. The summed E-state index contributed by atoms with van der Waals surface area (Å²) < 4.78 is 11.5. The highest BCUT2D eigenvalue weighted by atomic mass is 16.5. The monoisotopic (exact) mass is 424 g/mol. The number of fused-ring (bicyclic) bond motifs is 6. The summed E-state index contributed by atoms with van der Waals surface area (Å²) >= 11 is 0. The van der Waals surface area contributed by atoms with Gasteiger partial charge in [0.2, 0.25) is 0 Å². The van der Waals surface area contributed by atoms with Gasteiger partial charge in [-0.25, -0.2) is 0 Å². The molecule has 0 radical (unpaired) electrons. The van der Waals surface area contributed by atoms with Crippen molar-refractivity contribution >= 4 is 38.4 Å². The minimum atomic E-state index is 0.415. The highest BCUT2D eigenvalue weighted by molar-refractivity contribution is 6.08. The maximum absolute atomic E-state index is 6.18.